The van der Waals surface area contributed by atoms with E-state index in [1.165, 1.54) is 7.11 Å². The number of hydrogen-bond acceptors (Lipinski definition) is 5. The number of hydrogen-bond donors (Lipinski definition) is 0. The summed E-state index contributed by atoms with van der Waals surface area (Å²) in [4.78, 5) is 22.0. The van der Waals surface area contributed by atoms with Crippen LogP contribution in [-0.2, 0) is 11.2 Å². The fourth-order valence-corrected chi connectivity index (χ4v) is 2.04. The number of nitrogens with zero attached hydrogens (tertiary/aromatic N) is 1. The molecule has 0 saturated carbocycles. The Kier molecular flexibility index (Phi) is 5.24. The summed E-state index contributed by atoms with van der Waals surface area (Å²) in [5.41, 5.74) is 0.345. The number of aryl methyl sites for hydroxylation is 1. The summed E-state index contributed by atoms with van der Waals surface area (Å²) in [7, 11) is 1.52. The molecule has 0 spiro atoms. The first-order chi connectivity index (χ1) is 11.0. The number of carbonyl (C=O) groups is 1. The van der Waals surface area contributed by atoms with Crippen LogP contribution in [0.2, 0.25) is 0 Å². The average molecular weight is 319 g/mol. The highest BCUT2D eigenvalue weighted by Crippen LogP contribution is 2.28. The number of ether oxygens (including phenoxy) is 2. The predicted molar refractivity (Wildman–Crippen MR) is 80.0 cm³/mol. The maximum Gasteiger partial charge on any atom is 0.311 e. The second kappa shape index (κ2) is 7.35. The van der Waals surface area contributed by atoms with Gasteiger partial charge >= 0.3 is 11.7 Å². The van der Waals surface area contributed by atoms with Gasteiger partial charge in [-0.3, -0.25) is 14.9 Å². The van der Waals surface area contributed by atoms with E-state index in [4.69, 9.17) is 9.47 Å². The van der Waals surface area contributed by atoms with Gasteiger partial charge in [0.05, 0.1) is 18.5 Å². The second-order valence-electron chi connectivity index (χ2n) is 4.66. The number of rotatable bonds is 6. The van der Waals surface area contributed by atoms with Gasteiger partial charge < -0.3 is 9.47 Å². The van der Waals surface area contributed by atoms with E-state index in [1.807, 2.05) is 0 Å². The van der Waals surface area contributed by atoms with Crippen LogP contribution >= 0.6 is 0 Å². The SMILES string of the molecule is COc1ccccc1CCC(=O)Oc1cc(F)ccc1[N+](=O)[O-]. The van der Waals surface area contributed by atoms with E-state index in [0.29, 0.717) is 12.2 Å². The maximum absolute atomic E-state index is 13.2. The van der Waals surface area contributed by atoms with Crippen LogP contribution in [-0.4, -0.2) is 18.0 Å². The topological polar surface area (TPSA) is 78.7 Å². The van der Waals surface area contributed by atoms with Crippen LogP contribution in [0.3, 0.4) is 0 Å². The number of nitro benzene ring substituents is 1. The number of esters is 1. The molecule has 0 bridgehead atoms. The summed E-state index contributed by atoms with van der Waals surface area (Å²) in [6.07, 6.45) is 0.319. The quantitative estimate of drug-likeness (QED) is 0.353. The van der Waals surface area contributed by atoms with Crippen molar-refractivity contribution < 1.29 is 23.6 Å². The first-order valence-corrected chi connectivity index (χ1v) is 6.77. The minimum Gasteiger partial charge on any atom is -0.496 e. The second-order valence-corrected chi connectivity index (χ2v) is 4.66. The first kappa shape index (κ1) is 16.4. The molecule has 0 aliphatic carbocycles. The van der Waals surface area contributed by atoms with Gasteiger partial charge in [-0.2, -0.15) is 0 Å². The van der Waals surface area contributed by atoms with E-state index in [0.717, 1.165) is 23.8 Å². The molecule has 0 aliphatic rings. The van der Waals surface area contributed by atoms with Gasteiger partial charge in [-0.25, -0.2) is 4.39 Å². The molecule has 0 radical (unpaired) electrons. The third kappa shape index (κ3) is 4.26. The molecule has 0 fully saturated rings. The summed E-state index contributed by atoms with van der Waals surface area (Å²) in [5.74, 6) is -1.18. The van der Waals surface area contributed by atoms with Crippen molar-refractivity contribution in [2.75, 3.05) is 7.11 Å². The van der Waals surface area contributed by atoms with Gasteiger partial charge in [0.15, 0.2) is 0 Å². The Bertz CT molecular complexity index is 732. The van der Waals surface area contributed by atoms with Crippen molar-refractivity contribution in [2.45, 2.75) is 12.8 Å². The third-order valence-corrected chi connectivity index (χ3v) is 3.13. The summed E-state index contributed by atoms with van der Waals surface area (Å²) in [6, 6.07) is 9.88. The first-order valence-electron chi connectivity index (χ1n) is 6.77. The van der Waals surface area contributed by atoms with Crippen LogP contribution in [0.15, 0.2) is 42.5 Å². The highest BCUT2D eigenvalue weighted by Gasteiger charge is 2.19. The molecule has 0 saturated heterocycles. The molecule has 0 aromatic heterocycles. The Labute approximate surface area is 131 Å². The third-order valence-electron chi connectivity index (χ3n) is 3.13. The Morgan fingerprint density at radius 2 is 1.96 bits per heavy atom. The molecular weight excluding hydrogens is 305 g/mol. The molecule has 6 nitrogen and oxygen atoms in total. The van der Waals surface area contributed by atoms with Gasteiger partial charge in [0, 0.05) is 12.1 Å². The molecule has 7 heteroatoms. The predicted octanol–water partition coefficient (Wildman–Crippen LogP) is 3.28. The van der Waals surface area contributed by atoms with E-state index >= 15 is 0 Å². The molecule has 2 aromatic carbocycles. The maximum atomic E-state index is 13.2. The lowest BCUT2D eigenvalue weighted by Gasteiger charge is -2.08. The van der Waals surface area contributed by atoms with Crippen LogP contribution in [0.4, 0.5) is 10.1 Å². The average Bonchev–Trinajstić information content (AvgIpc) is 2.53. The molecule has 0 atom stereocenters. The number of carbonyl (C=O) groups excluding carboxylic acids is 1. The van der Waals surface area contributed by atoms with Crippen molar-refractivity contribution >= 4 is 11.7 Å². The fraction of sp³-hybridized carbons (Fsp3) is 0.188. The lowest BCUT2D eigenvalue weighted by atomic mass is 10.1. The number of nitro groups is 1. The summed E-state index contributed by atoms with van der Waals surface area (Å²) in [6.45, 7) is 0. The monoisotopic (exact) mass is 319 g/mol. The number of para-hydroxylation sites is 1. The summed E-state index contributed by atoms with van der Waals surface area (Å²) in [5, 5.41) is 10.9. The van der Waals surface area contributed by atoms with Gasteiger partial charge in [-0.05, 0) is 24.1 Å². The smallest absolute Gasteiger partial charge is 0.311 e. The van der Waals surface area contributed by atoms with Crippen LogP contribution in [0.25, 0.3) is 0 Å². The largest absolute Gasteiger partial charge is 0.496 e. The molecular formula is C16H14FNO5. The lowest BCUT2D eigenvalue weighted by molar-refractivity contribution is -0.385. The Morgan fingerprint density at radius 1 is 1.22 bits per heavy atom. The standard InChI is InChI=1S/C16H14FNO5/c1-22-14-5-3-2-4-11(14)6-9-16(19)23-15-10-12(17)7-8-13(15)18(20)21/h2-5,7-8,10H,6,9H2,1H3. The highest BCUT2D eigenvalue weighted by molar-refractivity contribution is 5.74. The zero-order valence-electron chi connectivity index (χ0n) is 12.3. The van der Waals surface area contributed by atoms with Crippen LogP contribution < -0.4 is 9.47 Å². The summed E-state index contributed by atoms with van der Waals surface area (Å²) < 4.78 is 23.3. The molecule has 2 rings (SSSR count). The highest BCUT2D eigenvalue weighted by atomic mass is 19.1. The van der Waals surface area contributed by atoms with E-state index in [2.05, 4.69) is 0 Å². The van der Waals surface area contributed by atoms with Crippen molar-refractivity contribution in [1.82, 2.24) is 0 Å². The van der Waals surface area contributed by atoms with Gasteiger partial charge in [0.25, 0.3) is 0 Å². The van der Waals surface area contributed by atoms with Crippen LogP contribution in [0, 0.1) is 15.9 Å². The van der Waals surface area contributed by atoms with E-state index in [9.17, 15) is 19.3 Å². The van der Waals surface area contributed by atoms with Gasteiger partial charge in [0.1, 0.15) is 11.6 Å². The molecule has 120 valence electrons. The van der Waals surface area contributed by atoms with Crippen molar-refractivity contribution in [3.05, 3.63) is 64.0 Å². The van der Waals surface area contributed by atoms with E-state index < -0.39 is 28.1 Å². The summed E-state index contributed by atoms with van der Waals surface area (Å²) >= 11 is 0. The Hall–Kier alpha value is -2.96. The van der Waals surface area contributed by atoms with E-state index in [-0.39, 0.29) is 6.42 Å². The Morgan fingerprint density at radius 3 is 2.65 bits per heavy atom. The van der Waals surface area contributed by atoms with Gasteiger partial charge in [0.2, 0.25) is 5.75 Å². The van der Waals surface area contributed by atoms with Gasteiger partial charge in [-0.15, -0.1) is 0 Å². The zero-order valence-corrected chi connectivity index (χ0v) is 12.3. The zero-order chi connectivity index (χ0) is 16.8. The van der Waals surface area contributed by atoms with Crippen LogP contribution in [0.1, 0.15) is 12.0 Å². The lowest BCUT2D eigenvalue weighted by Crippen LogP contribution is -2.10. The molecule has 0 N–H and O–H groups in total. The number of methoxy groups -OCH3 is 1. The fourth-order valence-electron chi connectivity index (χ4n) is 2.04. The molecule has 0 unspecified atom stereocenters. The van der Waals surface area contributed by atoms with Crippen molar-refractivity contribution in [2.24, 2.45) is 0 Å². The number of benzene rings is 2. The number of halogens is 1. The van der Waals surface area contributed by atoms with E-state index in [1.54, 1.807) is 24.3 Å². The molecule has 0 aliphatic heterocycles. The molecule has 0 heterocycles. The van der Waals surface area contributed by atoms with Crippen molar-refractivity contribution in [3.8, 4) is 11.5 Å². The normalized spacial score (nSPS) is 10.2. The van der Waals surface area contributed by atoms with Crippen molar-refractivity contribution in [3.63, 3.8) is 0 Å². The van der Waals surface area contributed by atoms with Gasteiger partial charge in [-0.1, -0.05) is 18.2 Å². The molecule has 23 heavy (non-hydrogen) atoms. The minimum absolute atomic E-state index is 0.0198. The molecule has 2 aromatic rings. The van der Waals surface area contributed by atoms with Crippen molar-refractivity contribution in [1.29, 1.82) is 0 Å². The molecule has 0 amide bonds. The minimum atomic E-state index is -0.734. The van der Waals surface area contributed by atoms with Crippen LogP contribution in [0.5, 0.6) is 11.5 Å². The Balaban J connectivity index is 2.05.